The Morgan fingerprint density at radius 2 is 2.11 bits per heavy atom. The van der Waals surface area contributed by atoms with Gasteiger partial charge in [-0.25, -0.2) is 0 Å². The van der Waals surface area contributed by atoms with Gasteiger partial charge in [-0.1, -0.05) is 24.6 Å². The molecule has 0 aliphatic heterocycles. The van der Waals surface area contributed by atoms with Crippen LogP contribution in [0.2, 0.25) is 0 Å². The molecule has 1 saturated carbocycles. The Morgan fingerprint density at radius 1 is 1.32 bits per heavy atom. The number of benzene rings is 1. The van der Waals surface area contributed by atoms with Gasteiger partial charge in [-0.15, -0.1) is 0 Å². The van der Waals surface area contributed by atoms with E-state index in [0.717, 1.165) is 18.5 Å². The van der Waals surface area contributed by atoms with E-state index in [1.54, 1.807) is 0 Å². The Hall–Kier alpha value is -1.16. The van der Waals surface area contributed by atoms with Crippen LogP contribution in [0.1, 0.15) is 25.7 Å². The van der Waals surface area contributed by atoms with Gasteiger partial charge in [-0.05, 0) is 37.7 Å². The smallest absolute Gasteiger partial charge is 0.239 e. The molecule has 1 aliphatic rings. The van der Waals surface area contributed by atoms with Crippen LogP contribution in [0.25, 0.3) is 0 Å². The minimum atomic E-state index is 0.0932. The van der Waals surface area contributed by atoms with E-state index in [-0.39, 0.29) is 5.91 Å². The van der Waals surface area contributed by atoms with Crippen molar-refractivity contribution in [2.24, 2.45) is 0 Å². The van der Waals surface area contributed by atoms with E-state index in [9.17, 15) is 4.79 Å². The van der Waals surface area contributed by atoms with Crippen LogP contribution >= 0.6 is 11.8 Å². The van der Waals surface area contributed by atoms with Gasteiger partial charge in [0.2, 0.25) is 5.91 Å². The maximum atomic E-state index is 11.9. The molecule has 0 radical (unpaired) electrons. The van der Waals surface area contributed by atoms with Gasteiger partial charge in [0.05, 0.1) is 6.54 Å². The molecule has 104 valence electrons. The van der Waals surface area contributed by atoms with E-state index in [0.29, 0.717) is 17.8 Å². The molecule has 2 atom stereocenters. The van der Waals surface area contributed by atoms with E-state index in [1.165, 1.54) is 12.8 Å². The monoisotopic (exact) mass is 278 g/mol. The number of anilines is 1. The lowest BCUT2D eigenvalue weighted by Crippen LogP contribution is -2.41. The lowest BCUT2D eigenvalue weighted by atomic mass is 9.95. The lowest BCUT2D eigenvalue weighted by molar-refractivity contribution is -0.120. The molecule has 1 fully saturated rings. The van der Waals surface area contributed by atoms with Crippen LogP contribution in [0.4, 0.5) is 5.69 Å². The summed E-state index contributed by atoms with van der Waals surface area (Å²) >= 11 is 1.92. The standard InChI is InChI=1S/C15H22N2OS/c1-19-14-9-5-8-13(10-14)17-15(18)11-16-12-6-3-2-4-7-12/h2-4,6-7,13-14,16H,5,8-11H2,1H3,(H,17,18). The normalized spacial score (nSPS) is 22.8. The molecule has 0 saturated heterocycles. The highest BCUT2D eigenvalue weighted by Gasteiger charge is 2.22. The fraction of sp³-hybridized carbons (Fsp3) is 0.533. The predicted molar refractivity (Wildman–Crippen MR) is 82.6 cm³/mol. The highest BCUT2D eigenvalue weighted by molar-refractivity contribution is 7.99. The van der Waals surface area contributed by atoms with Gasteiger partial charge in [0, 0.05) is 17.0 Å². The van der Waals surface area contributed by atoms with Crippen molar-refractivity contribution >= 4 is 23.4 Å². The molecule has 1 amide bonds. The summed E-state index contributed by atoms with van der Waals surface area (Å²) in [5.74, 6) is 0.0932. The molecule has 1 aliphatic carbocycles. The molecule has 0 bridgehead atoms. The number of rotatable bonds is 5. The lowest BCUT2D eigenvalue weighted by Gasteiger charge is -2.28. The van der Waals surface area contributed by atoms with Crippen molar-refractivity contribution in [2.75, 3.05) is 18.1 Å². The average molecular weight is 278 g/mol. The van der Waals surface area contributed by atoms with Crippen molar-refractivity contribution in [3.05, 3.63) is 30.3 Å². The topological polar surface area (TPSA) is 41.1 Å². The van der Waals surface area contributed by atoms with Crippen LogP contribution in [0.3, 0.4) is 0 Å². The largest absolute Gasteiger partial charge is 0.376 e. The third-order valence-corrected chi connectivity index (χ3v) is 4.65. The molecule has 0 heterocycles. The van der Waals surface area contributed by atoms with Gasteiger partial charge < -0.3 is 10.6 Å². The van der Waals surface area contributed by atoms with Gasteiger partial charge in [-0.2, -0.15) is 11.8 Å². The fourth-order valence-corrected chi connectivity index (χ4v) is 3.33. The number of nitrogens with one attached hydrogen (secondary N) is 2. The fourth-order valence-electron chi connectivity index (χ4n) is 2.51. The van der Waals surface area contributed by atoms with Crippen molar-refractivity contribution in [2.45, 2.75) is 37.0 Å². The van der Waals surface area contributed by atoms with E-state index >= 15 is 0 Å². The summed E-state index contributed by atoms with van der Waals surface area (Å²) < 4.78 is 0. The third-order valence-electron chi connectivity index (χ3n) is 3.55. The Balaban J connectivity index is 1.72. The van der Waals surface area contributed by atoms with Gasteiger partial charge >= 0.3 is 0 Å². The third kappa shape index (κ3) is 4.78. The summed E-state index contributed by atoms with van der Waals surface area (Å²) in [6, 6.07) is 10.2. The van der Waals surface area contributed by atoms with E-state index in [2.05, 4.69) is 16.9 Å². The number of amides is 1. The Bertz CT molecular complexity index is 396. The molecular weight excluding hydrogens is 256 g/mol. The zero-order chi connectivity index (χ0) is 13.5. The van der Waals surface area contributed by atoms with Crippen LogP contribution < -0.4 is 10.6 Å². The van der Waals surface area contributed by atoms with E-state index in [4.69, 9.17) is 0 Å². The summed E-state index contributed by atoms with van der Waals surface area (Å²) in [7, 11) is 0. The van der Waals surface area contributed by atoms with Gasteiger partial charge in [0.1, 0.15) is 0 Å². The molecule has 3 nitrogen and oxygen atoms in total. The molecule has 19 heavy (non-hydrogen) atoms. The van der Waals surface area contributed by atoms with Crippen LogP contribution in [0.15, 0.2) is 30.3 Å². The molecule has 2 unspecified atom stereocenters. The van der Waals surface area contributed by atoms with Gasteiger partial charge in [-0.3, -0.25) is 4.79 Å². The van der Waals surface area contributed by atoms with Gasteiger partial charge in [0.25, 0.3) is 0 Å². The maximum Gasteiger partial charge on any atom is 0.239 e. The average Bonchev–Trinajstić information content (AvgIpc) is 2.46. The molecule has 2 N–H and O–H groups in total. The van der Waals surface area contributed by atoms with Crippen molar-refractivity contribution in [1.82, 2.24) is 5.32 Å². The van der Waals surface area contributed by atoms with Crippen LogP contribution in [0, 0.1) is 0 Å². The van der Waals surface area contributed by atoms with Crippen molar-refractivity contribution in [1.29, 1.82) is 0 Å². The molecule has 4 heteroatoms. The number of carbonyl (C=O) groups is 1. The highest BCUT2D eigenvalue weighted by Crippen LogP contribution is 2.26. The minimum absolute atomic E-state index is 0.0932. The summed E-state index contributed by atoms with van der Waals surface area (Å²) in [6.45, 7) is 0.352. The first kappa shape index (κ1) is 14.3. The highest BCUT2D eigenvalue weighted by atomic mass is 32.2. The second-order valence-corrected chi connectivity index (χ2v) is 6.15. The second-order valence-electron chi connectivity index (χ2n) is 5.01. The van der Waals surface area contributed by atoms with Crippen LogP contribution in [-0.2, 0) is 4.79 Å². The van der Waals surface area contributed by atoms with E-state index in [1.807, 2.05) is 42.1 Å². The number of thioether (sulfide) groups is 1. The Labute approximate surface area is 119 Å². The molecule has 0 spiro atoms. The number of para-hydroxylation sites is 1. The van der Waals surface area contributed by atoms with E-state index < -0.39 is 0 Å². The zero-order valence-electron chi connectivity index (χ0n) is 11.4. The second kappa shape index (κ2) is 7.43. The first-order valence-corrected chi connectivity index (χ1v) is 8.18. The van der Waals surface area contributed by atoms with Crippen molar-refractivity contribution in [3.8, 4) is 0 Å². The summed E-state index contributed by atoms with van der Waals surface area (Å²) in [5.41, 5.74) is 0.989. The Kier molecular flexibility index (Phi) is 5.58. The maximum absolute atomic E-state index is 11.9. The Morgan fingerprint density at radius 3 is 2.84 bits per heavy atom. The molecule has 1 aromatic carbocycles. The molecule has 2 rings (SSSR count). The number of hydrogen-bond donors (Lipinski definition) is 2. The number of hydrogen-bond acceptors (Lipinski definition) is 3. The summed E-state index contributed by atoms with van der Waals surface area (Å²) in [5, 5.41) is 6.99. The first-order chi connectivity index (χ1) is 9.28. The quantitative estimate of drug-likeness (QED) is 0.870. The first-order valence-electron chi connectivity index (χ1n) is 6.89. The van der Waals surface area contributed by atoms with Crippen LogP contribution in [-0.4, -0.2) is 30.0 Å². The SMILES string of the molecule is CSC1CCCC(NC(=O)CNc2ccccc2)C1. The predicted octanol–water partition coefficient (Wildman–Crippen LogP) is 2.89. The van der Waals surface area contributed by atoms with Crippen molar-refractivity contribution < 1.29 is 4.79 Å². The molecular formula is C15H22N2OS. The molecule has 0 aromatic heterocycles. The summed E-state index contributed by atoms with van der Waals surface area (Å²) in [6.07, 6.45) is 6.90. The number of carbonyl (C=O) groups excluding carboxylic acids is 1. The molecule has 1 aromatic rings. The van der Waals surface area contributed by atoms with Gasteiger partial charge in [0.15, 0.2) is 0 Å². The minimum Gasteiger partial charge on any atom is -0.376 e. The zero-order valence-corrected chi connectivity index (χ0v) is 12.2. The van der Waals surface area contributed by atoms with Crippen LogP contribution in [0.5, 0.6) is 0 Å². The van der Waals surface area contributed by atoms with Crippen molar-refractivity contribution in [3.63, 3.8) is 0 Å². The summed E-state index contributed by atoms with van der Waals surface area (Å²) in [4.78, 5) is 11.9.